The van der Waals surface area contributed by atoms with E-state index in [2.05, 4.69) is 21.3 Å². The van der Waals surface area contributed by atoms with Gasteiger partial charge < -0.3 is 30.7 Å². The van der Waals surface area contributed by atoms with Crippen LogP contribution in [0.2, 0.25) is 0 Å². The van der Waals surface area contributed by atoms with Crippen molar-refractivity contribution in [3.8, 4) is 11.5 Å². The Bertz CT molecular complexity index is 1290. The van der Waals surface area contributed by atoms with Gasteiger partial charge in [0.25, 0.3) is 5.91 Å². The van der Waals surface area contributed by atoms with Crippen LogP contribution in [-0.2, 0) is 20.8 Å². The molecular weight excluding hydrogens is 548 g/mol. The summed E-state index contributed by atoms with van der Waals surface area (Å²) in [6.07, 6.45) is 4.24. The number of carbonyl (C=O) groups is 4. The first kappa shape index (κ1) is 31.8. The van der Waals surface area contributed by atoms with Gasteiger partial charge >= 0.3 is 0 Å². The Balaban J connectivity index is 1.51. The van der Waals surface area contributed by atoms with Gasteiger partial charge in [-0.1, -0.05) is 51.0 Å². The molecule has 43 heavy (non-hydrogen) atoms. The lowest BCUT2D eigenvalue weighted by Gasteiger charge is -2.32. The number of rotatable bonds is 7. The van der Waals surface area contributed by atoms with Crippen molar-refractivity contribution in [2.75, 3.05) is 20.3 Å². The van der Waals surface area contributed by atoms with Crippen LogP contribution < -0.4 is 30.7 Å². The lowest BCUT2D eigenvalue weighted by Crippen LogP contribution is -2.60. The highest BCUT2D eigenvalue weighted by atomic mass is 16.5. The minimum absolute atomic E-state index is 0.0248. The molecule has 0 saturated heterocycles. The Morgan fingerprint density at radius 2 is 1.84 bits per heavy atom. The molecular formula is C33H44N4O6. The van der Waals surface area contributed by atoms with E-state index in [1.165, 1.54) is 0 Å². The number of methoxy groups -OCH3 is 1. The van der Waals surface area contributed by atoms with E-state index < -0.39 is 17.5 Å². The number of carbonyl (C=O) groups excluding carboxylic acids is 4. The monoisotopic (exact) mass is 592 g/mol. The van der Waals surface area contributed by atoms with Crippen molar-refractivity contribution in [3.63, 3.8) is 0 Å². The van der Waals surface area contributed by atoms with E-state index in [4.69, 9.17) is 9.47 Å². The largest absolute Gasteiger partial charge is 0.497 e. The molecule has 2 aliphatic rings. The van der Waals surface area contributed by atoms with Crippen molar-refractivity contribution >= 4 is 23.6 Å². The van der Waals surface area contributed by atoms with Crippen molar-refractivity contribution in [1.82, 2.24) is 21.3 Å². The Labute approximate surface area is 253 Å². The molecule has 2 atom stereocenters. The molecule has 10 heteroatoms. The molecule has 0 aromatic heterocycles. The summed E-state index contributed by atoms with van der Waals surface area (Å²) < 4.78 is 11.4. The fourth-order valence-electron chi connectivity index (χ4n) is 5.62. The van der Waals surface area contributed by atoms with Crippen molar-refractivity contribution in [1.29, 1.82) is 0 Å². The number of hydrogen-bond donors (Lipinski definition) is 4. The smallest absolute Gasteiger partial charge is 0.255 e. The van der Waals surface area contributed by atoms with E-state index >= 15 is 0 Å². The zero-order valence-corrected chi connectivity index (χ0v) is 25.4. The third-order valence-electron chi connectivity index (χ3n) is 8.30. The molecule has 232 valence electrons. The molecule has 1 spiro atoms. The first-order valence-electron chi connectivity index (χ1n) is 15.3. The summed E-state index contributed by atoms with van der Waals surface area (Å²) in [5.41, 5.74) is 0.371. The maximum atomic E-state index is 13.6. The highest BCUT2D eigenvalue weighted by molar-refractivity contribution is 6.00. The second-order valence-electron chi connectivity index (χ2n) is 11.8. The van der Waals surface area contributed by atoms with Crippen molar-refractivity contribution < 1.29 is 28.7 Å². The Morgan fingerprint density at radius 1 is 1.07 bits per heavy atom. The second kappa shape index (κ2) is 14.9. The van der Waals surface area contributed by atoms with Gasteiger partial charge in [-0.05, 0) is 67.9 Å². The standard InChI is InChI=1S/C33H44N4O6/c1-22(2)27-21-43-28-14-5-4-13-25(28)30(39)35-26(15-16-29(38)37-33(32(41)36-27)17-6-7-18-33)31(40)34-19-9-11-23-10-8-12-24(20-23)42-3/h4-5,8,10,12-14,20,22,26-27H,6-7,9,11,15-19,21H2,1-3H3,(H,34,40)(H,35,39)(H,36,41)(H,37,38)/t26-,27+/m0/s1. The summed E-state index contributed by atoms with van der Waals surface area (Å²) in [5.74, 6) is -0.205. The molecule has 0 radical (unpaired) electrons. The third kappa shape index (κ3) is 8.49. The quantitative estimate of drug-likeness (QED) is 0.365. The number of aryl methyl sites for hydroxylation is 1. The summed E-state index contributed by atoms with van der Waals surface area (Å²) >= 11 is 0. The fourth-order valence-corrected chi connectivity index (χ4v) is 5.62. The zero-order chi connectivity index (χ0) is 30.8. The molecule has 1 saturated carbocycles. The van der Waals surface area contributed by atoms with Crippen molar-refractivity contribution in [3.05, 3.63) is 59.7 Å². The van der Waals surface area contributed by atoms with Gasteiger partial charge in [-0.25, -0.2) is 0 Å². The number of amides is 4. The number of ether oxygens (including phenoxy) is 2. The van der Waals surface area contributed by atoms with Crippen LogP contribution in [-0.4, -0.2) is 61.5 Å². The maximum absolute atomic E-state index is 13.6. The predicted molar refractivity (Wildman–Crippen MR) is 163 cm³/mol. The normalized spacial score (nSPS) is 21.0. The van der Waals surface area contributed by atoms with Gasteiger partial charge in [0.2, 0.25) is 17.7 Å². The van der Waals surface area contributed by atoms with E-state index in [0.717, 1.165) is 30.6 Å². The Morgan fingerprint density at radius 3 is 2.58 bits per heavy atom. The van der Waals surface area contributed by atoms with Gasteiger partial charge in [0, 0.05) is 13.0 Å². The SMILES string of the molecule is COc1cccc(CCCNC(=O)[C@@H]2CCC(=O)NC3(CCCC3)C(=O)N[C@@H](C(C)C)COc3ccccc3C(=O)N2)c1. The van der Waals surface area contributed by atoms with Crippen LogP contribution in [0.25, 0.3) is 0 Å². The third-order valence-corrected chi connectivity index (χ3v) is 8.30. The maximum Gasteiger partial charge on any atom is 0.255 e. The van der Waals surface area contributed by atoms with Crippen LogP contribution in [0.1, 0.15) is 74.7 Å². The first-order valence-corrected chi connectivity index (χ1v) is 15.3. The summed E-state index contributed by atoms with van der Waals surface area (Å²) in [7, 11) is 1.62. The van der Waals surface area contributed by atoms with Gasteiger partial charge in [0.1, 0.15) is 29.7 Å². The molecule has 4 N–H and O–H groups in total. The highest BCUT2D eigenvalue weighted by Crippen LogP contribution is 2.31. The van der Waals surface area contributed by atoms with E-state index in [1.54, 1.807) is 31.4 Å². The molecule has 1 aliphatic heterocycles. The average Bonchev–Trinajstić information content (AvgIpc) is 3.48. The van der Waals surface area contributed by atoms with Gasteiger partial charge in [-0.2, -0.15) is 0 Å². The molecule has 2 aromatic rings. The molecule has 1 heterocycles. The van der Waals surface area contributed by atoms with Crippen molar-refractivity contribution in [2.24, 2.45) is 5.92 Å². The average molecular weight is 593 g/mol. The molecule has 4 amide bonds. The van der Waals surface area contributed by atoms with E-state index in [9.17, 15) is 19.2 Å². The zero-order valence-electron chi connectivity index (χ0n) is 25.4. The fraction of sp³-hybridized carbons (Fsp3) is 0.515. The minimum atomic E-state index is -0.997. The van der Waals surface area contributed by atoms with Crippen LogP contribution in [0, 0.1) is 5.92 Å². The Kier molecular flexibility index (Phi) is 11.0. The lowest BCUT2D eigenvalue weighted by molar-refractivity contribution is -0.134. The Hall–Kier alpha value is -4.08. The molecule has 0 bridgehead atoms. The molecule has 1 fully saturated rings. The molecule has 0 unspecified atom stereocenters. The van der Waals surface area contributed by atoms with Crippen LogP contribution >= 0.6 is 0 Å². The van der Waals surface area contributed by atoms with Crippen molar-refractivity contribution in [2.45, 2.75) is 82.8 Å². The number of fused-ring (bicyclic) bond motifs is 1. The highest BCUT2D eigenvalue weighted by Gasteiger charge is 2.43. The van der Waals surface area contributed by atoms with Gasteiger partial charge in [-0.3, -0.25) is 19.2 Å². The molecule has 1 aliphatic carbocycles. The van der Waals surface area contributed by atoms with Crippen LogP contribution in [0.15, 0.2) is 48.5 Å². The van der Waals surface area contributed by atoms with E-state index in [1.807, 2.05) is 38.1 Å². The summed E-state index contributed by atoms with van der Waals surface area (Å²) in [5, 5.41) is 11.8. The summed E-state index contributed by atoms with van der Waals surface area (Å²) in [4.78, 5) is 53.5. The van der Waals surface area contributed by atoms with Crippen LogP contribution in [0.4, 0.5) is 0 Å². The van der Waals surface area contributed by atoms with E-state index in [0.29, 0.717) is 31.6 Å². The molecule has 4 rings (SSSR count). The van der Waals surface area contributed by atoms with Gasteiger partial charge in [-0.15, -0.1) is 0 Å². The van der Waals surface area contributed by atoms with E-state index in [-0.39, 0.29) is 54.7 Å². The summed E-state index contributed by atoms with van der Waals surface area (Å²) in [6.45, 7) is 4.52. The minimum Gasteiger partial charge on any atom is -0.497 e. The van der Waals surface area contributed by atoms with Gasteiger partial charge in [0.15, 0.2) is 0 Å². The van der Waals surface area contributed by atoms with Gasteiger partial charge in [0.05, 0.1) is 18.7 Å². The number of hydrogen-bond acceptors (Lipinski definition) is 6. The van der Waals surface area contributed by atoms with Crippen LogP contribution in [0.3, 0.4) is 0 Å². The number of nitrogens with one attached hydrogen (secondary N) is 4. The summed E-state index contributed by atoms with van der Waals surface area (Å²) in [6, 6.07) is 13.3. The topological polar surface area (TPSA) is 135 Å². The second-order valence-corrected chi connectivity index (χ2v) is 11.8. The number of para-hydroxylation sites is 1. The lowest BCUT2D eigenvalue weighted by atomic mass is 9.94. The van der Waals surface area contributed by atoms with Crippen LogP contribution in [0.5, 0.6) is 11.5 Å². The predicted octanol–water partition coefficient (Wildman–Crippen LogP) is 3.29. The first-order chi connectivity index (χ1) is 20.7. The molecule has 10 nitrogen and oxygen atoms in total. The number of benzene rings is 2. The molecule has 2 aromatic carbocycles.